The molecule has 0 unspecified atom stereocenters. The summed E-state index contributed by atoms with van der Waals surface area (Å²) in [5.74, 6) is 0.984. The molecule has 1 amide bonds. The van der Waals surface area contributed by atoms with Crippen LogP contribution in [0.1, 0.15) is 11.1 Å². The molecule has 1 N–H and O–H groups in total. The minimum atomic E-state index is -4.05. The number of hydrazone groups is 1. The van der Waals surface area contributed by atoms with Gasteiger partial charge in [-0.15, -0.1) is 0 Å². The first-order valence-corrected chi connectivity index (χ1v) is 12.0. The van der Waals surface area contributed by atoms with E-state index in [9.17, 15) is 13.2 Å². The van der Waals surface area contributed by atoms with E-state index in [1.165, 1.54) is 39.7 Å². The number of ether oxygens (including phenoxy) is 3. The third-order valence-corrected chi connectivity index (χ3v) is 6.86. The molecule has 0 saturated heterocycles. The molecule has 0 saturated carbocycles. The molecule has 0 aliphatic rings. The van der Waals surface area contributed by atoms with Crippen molar-refractivity contribution in [2.24, 2.45) is 5.10 Å². The van der Waals surface area contributed by atoms with Gasteiger partial charge in [-0.05, 0) is 67.1 Å². The van der Waals surface area contributed by atoms with Gasteiger partial charge in [0.05, 0.1) is 38.1 Å². The Balaban J connectivity index is 1.81. The number of sulfonamides is 1. The number of aryl methyl sites for hydroxylation is 1. The normalized spacial score (nSPS) is 11.2. The van der Waals surface area contributed by atoms with Gasteiger partial charge in [-0.3, -0.25) is 9.10 Å². The second-order valence-corrected chi connectivity index (χ2v) is 9.29. The van der Waals surface area contributed by atoms with Crippen molar-refractivity contribution in [2.75, 3.05) is 32.2 Å². The van der Waals surface area contributed by atoms with Crippen molar-refractivity contribution < 1.29 is 27.4 Å². The fourth-order valence-electron chi connectivity index (χ4n) is 3.18. The second-order valence-electron chi connectivity index (χ2n) is 7.43. The van der Waals surface area contributed by atoms with Crippen molar-refractivity contribution in [1.29, 1.82) is 0 Å². The van der Waals surface area contributed by atoms with Crippen LogP contribution in [0.25, 0.3) is 0 Å². The van der Waals surface area contributed by atoms with Crippen molar-refractivity contribution in [3.05, 3.63) is 77.9 Å². The minimum absolute atomic E-state index is 0.0282. The lowest BCUT2D eigenvalue weighted by Gasteiger charge is -2.24. The molecule has 35 heavy (non-hydrogen) atoms. The summed E-state index contributed by atoms with van der Waals surface area (Å²) in [6.45, 7) is 1.42. The average Bonchev–Trinajstić information content (AvgIpc) is 2.87. The Morgan fingerprint density at radius 3 is 2.17 bits per heavy atom. The summed E-state index contributed by atoms with van der Waals surface area (Å²) in [5, 5.41) is 3.95. The molecular formula is C25H27N3O6S. The van der Waals surface area contributed by atoms with E-state index in [1.807, 2.05) is 6.92 Å². The predicted octanol–water partition coefficient (Wildman–Crippen LogP) is 3.37. The molecule has 0 heterocycles. The molecule has 0 spiro atoms. The molecule has 0 aromatic heterocycles. The van der Waals surface area contributed by atoms with Gasteiger partial charge in [0.2, 0.25) is 0 Å². The van der Waals surface area contributed by atoms with E-state index in [-0.39, 0.29) is 4.90 Å². The van der Waals surface area contributed by atoms with Crippen LogP contribution < -0.4 is 23.9 Å². The molecule has 0 radical (unpaired) electrons. The van der Waals surface area contributed by atoms with Crippen LogP contribution in [0.3, 0.4) is 0 Å². The van der Waals surface area contributed by atoms with Gasteiger partial charge in [-0.1, -0.05) is 17.7 Å². The molecule has 3 aromatic carbocycles. The Labute approximate surface area is 205 Å². The molecule has 184 valence electrons. The minimum Gasteiger partial charge on any atom is -0.497 e. The molecule has 9 nitrogen and oxygen atoms in total. The molecule has 0 bridgehead atoms. The molecular weight excluding hydrogens is 470 g/mol. The first kappa shape index (κ1) is 25.6. The first-order chi connectivity index (χ1) is 16.8. The SMILES string of the molecule is COc1ccc(S(=O)(=O)N(CC(=O)N/N=C\c2ccc(OC)c(OC)c2)c2ccc(C)cc2)cc1. The van der Waals surface area contributed by atoms with E-state index in [0.29, 0.717) is 28.5 Å². The fraction of sp³-hybridized carbons (Fsp3) is 0.200. The number of carbonyl (C=O) groups excluding carboxylic acids is 1. The van der Waals surface area contributed by atoms with Crippen LogP contribution in [-0.2, 0) is 14.8 Å². The third kappa shape index (κ3) is 6.30. The van der Waals surface area contributed by atoms with Gasteiger partial charge in [0.1, 0.15) is 12.3 Å². The lowest BCUT2D eigenvalue weighted by atomic mass is 10.2. The van der Waals surface area contributed by atoms with Gasteiger partial charge in [-0.25, -0.2) is 13.8 Å². The summed E-state index contributed by atoms with van der Waals surface area (Å²) >= 11 is 0. The van der Waals surface area contributed by atoms with Crippen LogP contribution in [-0.4, -0.2) is 48.4 Å². The third-order valence-electron chi connectivity index (χ3n) is 5.07. The molecule has 3 aromatic rings. The largest absolute Gasteiger partial charge is 0.497 e. The van der Waals surface area contributed by atoms with Gasteiger partial charge in [0.25, 0.3) is 15.9 Å². The van der Waals surface area contributed by atoms with Crippen molar-refractivity contribution in [3.63, 3.8) is 0 Å². The van der Waals surface area contributed by atoms with Crippen LogP contribution in [0.5, 0.6) is 17.2 Å². The number of carbonyl (C=O) groups is 1. The Hall–Kier alpha value is -4.05. The zero-order valence-corrected chi connectivity index (χ0v) is 20.7. The van der Waals surface area contributed by atoms with Gasteiger partial charge in [0.15, 0.2) is 11.5 Å². The number of hydrogen-bond acceptors (Lipinski definition) is 7. The number of methoxy groups -OCH3 is 3. The highest BCUT2D eigenvalue weighted by Crippen LogP contribution is 2.27. The number of anilines is 1. The lowest BCUT2D eigenvalue weighted by molar-refractivity contribution is -0.119. The molecule has 10 heteroatoms. The average molecular weight is 498 g/mol. The van der Waals surface area contributed by atoms with Crippen LogP contribution >= 0.6 is 0 Å². The molecule has 0 aliphatic heterocycles. The Bertz CT molecular complexity index is 1290. The van der Waals surface area contributed by atoms with Gasteiger partial charge < -0.3 is 14.2 Å². The standard InChI is InChI=1S/C25H27N3O6S/c1-18-5-8-20(9-6-18)28(35(30,31)22-12-10-21(32-2)11-13-22)17-25(29)27-26-16-19-7-14-23(33-3)24(15-19)34-4/h5-16H,17H2,1-4H3,(H,27,29)/b26-16-. The maximum absolute atomic E-state index is 13.4. The van der Waals surface area contributed by atoms with Gasteiger partial charge in [-0.2, -0.15) is 5.10 Å². The zero-order valence-electron chi connectivity index (χ0n) is 19.9. The monoisotopic (exact) mass is 497 g/mol. The maximum Gasteiger partial charge on any atom is 0.264 e. The number of rotatable bonds is 10. The number of amides is 1. The Morgan fingerprint density at radius 1 is 0.914 bits per heavy atom. The maximum atomic E-state index is 13.4. The van der Waals surface area contributed by atoms with E-state index in [4.69, 9.17) is 14.2 Å². The summed E-state index contributed by atoms with van der Waals surface area (Å²) in [5.41, 5.74) is 4.35. The van der Waals surface area contributed by atoms with Crippen LogP contribution in [0.2, 0.25) is 0 Å². The van der Waals surface area contributed by atoms with Gasteiger partial charge >= 0.3 is 0 Å². The van der Waals surface area contributed by atoms with Crippen LogP contribution in [0, 0.1) is 6.92 Å². The quantitative estimate of drug-likeness (QED) is 0.340. The summed E-state index contributed by atoms with van der Waals surface area (Å²) in [4.78, 5) is 12.7. The summed E-state index contributed by atoms with van der Waals surface area (Å²) in [6.07, 6.45) is 1.42. The number of nitrogens with zero attached hydrogens (tertiary/aromatic N) is 2. The van der Waals surface area contributed by atoms with Crippen molar-refractivity contribution in [3.8, 4) is 17.2 Å². The van der Waals surface area contributed by atoms with E-state index in [0.717, 1.165) is 9.87 Å². The molecule has 3 rings (SSSR count). The van der Waals surface area contributed by atoms with Crippen LogP contribution in [0.15, 0.2) is 76.7 Å². The highest BCUT2D eigenvalue weighted by atomic mass is 32.2. The van der Waals surface area contributed by atoms with E-state index < -0.39 is 22.5 Å². The number of benzene rings is 3. The predicted molar refractivity (Wildman–Crippen MR) is 134 cm³/mol. The molecule has 0 aliphatic carbocycles. The Morgan fingerprint density at radius 2 is 1.57 bits per heavy atom. The number of hydrogen-bond donors (Lipinski definition) is 1. The summed E-state index contributed by atoms with van der Waals surface area (Å²) in [6, 6.07) is 18.0. The summed E-state index contributed by atoms with van der Waals surface area (Å²) < 4.78 is 43.4. The second kappa shape index (κ2) is 11.4. The van der Waals surface area contributed by atoms with E-state index in [1.54, 1.807) is 54.6 Å². The van der Waals surface area contributed by atoms with E-state index >= 15 is 0 Å². The van der Waals surface area contributed by atoms with Crippen molar-refractivity contribution in [2.45, 2.75) is 11.8 Å². The lowest BCUT2D eigenvalue weighted by Crippen LogP contribution is -2.39. The highest BCUT2D eigenvalue weighted by molar-refractivity contribution is 7.92. The van der Waals surface area contributed by atoms with Crippen molar-refractivity contribution >= 4 is 27.8 Å². The Kier molecular flexibility index (Phi) is 8.32. The van der Waals surface area contributed by atoms with Crippen molar-refractivity contribution in [1.82, 2.24) is 5.43 Å². The molecule has 0 fully saturated rings. The topological polar surface area (TPSA) is 107 Å². The van der Waals surface area contributed by atoms with E-state index in [2.05, 4.69) is 10.5 Å². The fourth-order valence-corrected chi connectivity index (χ4v) is 4.60. The molecule has 0 atom stereocenters. The zero-order chi connectivity index (χ0) is 25.4. The highest BCUT2D eigenvalue weighted by Gasteiger charge is 2.27. The number of nitrogens with one attached hydrogen (secondary N) is 1. The first-order valence-electron chi connectivity index (χ1n) is 10.6. The van der Waals surface area contributed by atoms with Crippen LogP contribution in [0.4, 0.5) is 5.69 Å². The smallest absolute Gasteiger partial charge is 0.264 e. The van der Waals surface area contributed by atoms with Gasteiger partial charge in [0, 0.05) is 0 Å². The summed E-state index contributed by atoms with van der Waals surface area (Å²) in [7, 11) is 0.499.